The van der Waals surface area contributed by atoms with Crippen LogP contribution in [-0.4, -0.2) is 50.2 Å². The number of hydrogen-bond donors (Lipinski definition) is 1. The molecule has 0 bridgehead atoms. The lowest BCUT2D eigenvalue weighted by Crippen LogP contribution is -2.56. The van der Waals surface area contributed by atoms with Gasteiger partial charge in [-0.05, 0) is 54.3 Å². The van der Waals surface area contributed by atoms with Crippen LogP contribution in [0.25, 0.3) is 0 Å². The van der Waals surface area contributed by atoms with Crippen molar-refractivity contribution in [3.8, 4) is 0 Å². The average molecular weight is 296 g/mol. The number of aryl methyl sites for hydroxylation is 1. The fourth-order valence-electron chi connectivity index (χ4n) is 2.93. The van der Waals surface area contributed by atoms with Crippen molar-refractivity contribution in [2.75, 3.05) is 39.6 Å². The number of nitrogens with one attached hydrogen (secondary N) is 1. The van der Waals surface area contributed by atoms with Gasteiger partial charge in [0.15, 0.2) is 5.13 Å². The Bertz CT molecular complexity index is 451. The fourth-order valence-corrected chi connectivity index (χ4v) is 4.02. The molecular weight excluding hydrogens is 268 g/mol. The van der Waals surface area contributed by atoms with Gasteiger partial charge in [-0.15, -0.1) is 11.3 Å². The van der Waals surface area contributed by atoms with Crippen LogP contribution < -0.4 is 10.2 Å². The van der Waals surface area contributed by atoms with Crippen molar-refractivity contribution in [1.29, 1.82) is 0 Å². The summed E-state index contributed by atoms with van der Waals surface area (Å²) < 4.78 is 0. The first-order valence-electron chi connectivity index (χ1n) is 7.43. The summed E-state index contributed by atoms with van der Waals surface area (Å²) in [6.45, 7) is 5.37. The fraction of sp³-hybridized carbons (Fsp3) is 0.800. The quantitative estimate of drug-likeness (QED) is 0.874. The van der Waals surface area contributed by atoms with E-state index >= 15 is 0 Å². The van der Waals surface area contributed by atoms with Gasteiger partial charge in [0.05, 0.1) is 5.69 Å². The maximum Gasteiger partial charge on any atom is 0.185 e. The monoisotopic (exact) mass is 296 g/mol. The van der Waals surface area contributed by atoms with Crippen LogP contribution >= 0.6 is 11.3 Å². The van der Waals surface area contributed by atoms with Crippen LogP contribution in [0.2, 0.25) is 0 Å². The van der Waals surface area contributed by atoms with E-state index in [2.05, 4.69) is 50.1 Å². The van der Waals surface area contributed by atoms with Crippen LogP contribution in [0.5, 0.6) is 0 Å². The van der Waals surface area contributed by atoms with Crippen molar-refractivity contribution >= 4 is 16.5 Å². The third kappa shape index (κ3) is 2.85. The molecule has 1 N–H and O–H groups in total. The first-order valence-corrected chi connectivity index (χ1v) is 8.24. The molecule has 1 saturated carbocycles. The first kappa shape index (κ1) is 15.7. The summed E-state index contributed by atoms with van der Waals surface area (Å²) in [5.74, 6) is 0. The molecule has 0 aliphatic heterocycles. The van der Waals surface area contributed by atoms with Gasteiger partial charge in [0.1, 0.15) is 0 Å². The van der Waals surface area contributed by atoms with Crippen LogP contribution in [0.3, 0.4) is 0 Å². The smallest absolute Gasteiger partial charge is 0.185 e. The lowest BCUT2D eigenvalue weighted by molar-refractivity contribution is 0.0683. The maximum absolute atomic E-state index is 4.77. The van der Waals surface area contributed by atoms with E-state index in [1.54, 1.807) is 0 Å². The molecule has 20 heavy (non-hydrogen) atoms. The molecule has 0 radical (unpaired) electrons. The predicted molar refractivity (Wildman–Crippen MR) is 87.9 cm³/mol. The second-order valence-electron chi connectivity index (χ2n) is 6.28. The van der Waals surface area contributed by atoms with Gasteiger partial charge in [0, 0.05) is 30.1 Å². The zero-order valence-electron chi connectivity index (χ0n) is 13.7. The van der Waals surface area contributed by atoms with Gasteiger partial charge < -0.3 is 15.1 Å². The van der Waals surface area contributed by atoms with E-state index in [4.69, 9.17) is 4.98 Å². The SMILES string of the molecule is CNC(C)c1sc(N(C)CC2(N(C)C)CCC2)nc1C. The molecule has 1 aromatic heterocycles. The number of nitrogens with zero attached hydrogens (tertiary/aromatic N) is 3. The molecule has 1 aromatic rings. The summed E-state index contributed by atoms with van der Waals surface area (Å²) in [7, 11) is 8.58. The van der Waals surface area contributed by atoms with Crippen molar-refractivity contribution in [2.45, 2.75) is 44.7 Å². The zero-order chi connectivity index (χ0) is 14.9. The van der Waals surface area contributed by atoms with Gasteiger partial charge >= 0.3 is 0 Å². The molecule has 1 heterocycles. The minimum atomic E-state index is 0.350. The Morgan fingerprint density at radius 2 is 2.00 bits per heavy atom. The molecule has 4 nitrogen and oxygen atoms in total. The average Bonchev–Trinajstić information content (AvgIpc) is 2.74. The zero-order valence-corrected chi connectivity index (χ0v) is 14.5. The molecule has 0 aromatic carbocycles. The Kier molecular flexibility index (Phi) is 4.72. The Labute approximate surface area is 127 Å². The van der Waals surface area contributed by atoms with E-state index in [0.29, 0.717) is 11.6 Å². The van der Waals surface area contributed by atoms with Gasteiger partial charge in [0.25, 0.3) is 0 Å². The largest absolute Gasteiger partial charge is 0.349 e. The minimum absolute atomic E-state index is 0.350. The van der Waals surface area contributed by atoms with Gasteiger partial charge in [-0.1, -0.05) is 0 Å². The van der Waals surface area contributed by atoms with Crippen molar-refractivity contribution in [3.05, 3.63) is 10.6 Å². The summed E-state index contributed by atoms with van der Waals surface area (Å²) in [5, 5.41) is 4.45. The minimum Gasteiger partial charge on any atom is -0.349 e. The topological polar surface area (TPSA) is 31.4 Å². The molecule has 5 heteroatoms. The number of thiazole rings is 1. The normalized spacial score (nSPS) is 18.9. The van der Waals surface area contributed by atoms with Crippen LogP contribution in [0.15, 0.2) is 0 Å². The van der Waals surface area contributed by atoms with Crippen LogP contribution in [0, 0.1) is 6.92 Å². The third-order valence-corrected chi connectivity index (χ3v) is 6.19. The highest BCUT2D eigenvalue weighted by molar-refractivity contribution is 7.15. The highest BCUT2D eigenvalue weighted by Gasteiger charge is 2.40. The van der Waals surface area contributed by atoms with Crippen molar-refractivity contribution < 1.29 is 0 Å². The van der Waals surface area contributed by atoms with Gasteiger partial charge in [-0.25, -0.2) is 4.98 Å². The molecule has 0 spiro atoms. The molecule has 2 rings (SSSR count). The second kappa shape index (κ2) is 6.00. The number of anilines is 1. The van der Waals surface area contributed by atoms with E-state index < -0.39 is 0 Å². The van der Waals surface area contributed by atoms with Crippen molar-refractivity contribution in [2.24, 2.45) is 0 Å². The molecule has 1 aliphatic rings. The highest BCUT2D eigenvalue weighted by atomic mass is 32.1. The van der Waals surface area contributed by atoms with Crippen molar-refractivity contribution in [1.82, 2.24) is 15.2 Å². The molecule has 1 unspecified atom stereocenters. The Morgan fingerprint density at radius 3 is 2.45 bits per heavy atom. The van der Waals surface area contributed by atoms with Gasteiger partial charge in [-0.3, -0.25) is 0 Å². The molecule has 0 saturated heterocycles. The summed E-state index contributed by atoms with van der Waals surface area (Å²) >= 11 is 1.82. The standard InChI is InChI=1S/C15H28N4S/c1-11(16-3)13-12(2)17-14(20-13)19(6)10-15(18(4)5)8-7-9-15/h11,16H,7-10H2,1-6H3. The highest BCUT2D eigenvalue weighted by Crippen LogP contribution is 2.38. The van der Waals surface area contributed by atoms with Gasteiger partial charge in [-0.2, -0.15) is 0 Å². The van der Waals surface area contributed by atoms with E-state index in [9.17, 15) is 0 Å². The van der Waals surface area contributed by atoms with E-state index in [1.807, 2.05) is 18.4 Å². The predicted octanol–water partition coefficient (Wildman–Crippen LogP) is 2.65. The Morgan fingerprint density at radius 1 is 1.35 bits per heavy atom. The molecular formula is C15H28N4S. The van der Waals surface area contributed by atoms with Crippen molar-refractivity contribution in [3.63, 3.8) is 0 Å². The molecule has 114 valence electrons. The number of hydrogen-bond acceptors (Lipinski definition) is 5. The molecule has 0 amide bonds. The number of likely N-dealkylation sites (N-methyl/N-ethyl adjacent to an activating group) is 2. The maximum atomic E-state index is 4.77. The molecule has 1 atom stereocenters. The molecule has 1 aliphatic carbocycles. The van der Waals surface area contributed by atoms with Crippen LogP contribution in [0.1, 0.15) is 42.8 Å². The second-order valence-corrected chi connectivity index (χ2v) is 7.29. The Balaban J connectivity index is 2.11. The Hall–Kier alpha value is -0.650. The number of rotatable bonds is 6. The third-order valence-electron chi connectivity index (χ3n) is 4.74. The van der Waals surface area contributed by atoms with E-state index in [-0.39, 0.29) is 0 Å². The number of aromatic nitrogens is 1. The lowest BCUT2D eigenvalue weighted by Gasteiger charge is -2.49. The summed E-state index contributed by atoms with van der Waals surface area (Å²) in [6.07, 6.45) is 3.95. The van der Waals surface area contributed by atoms with E-state index in [0.717, 1.165) is 17.4 Å². The van der Waals surface area contributed by atoms with E-state index in [1.165, 1.54) is 24.1 Å². The van der Waals surface area contributed by atoms with Crippen LogP contribution in [-0.2, 0) is 0 Å². The lowest BCUT2D eigenvalue weighted by atomic mass is 9.75. The van der Waals surface area contributed by atoms with Gasteiger partial charge in [0.2, 0.25) is 0 Å². The van der Waals surface area contributed by atoms with Crippen LogP contribution in [0.4, 0.5) is 5.13 Å². The summed E-state index contributed by atoms with van der Waals surface area (Å²) in [5.41, 5.74) is 1.51. The summed E-state index contributed by atoms with van der Waals surface area (Å²) in [4.78, 5) is 10.8. The first-order chi connectivity index (χ1) is 9.39. The summed E-state index contributed by atoms with van der Waals surface area (Å²) in [6, 6.07) is 0.376. The molecule has 1 fully saturated rings.